The van der Waals surface area contributed by atoms with Crippen molar-refractivity contribution in [2.45, 2.75) is 46.2 Å². The molecule has 4 rings (SSSR count). The predicted octanol–water partition coefficient (Wildman–Crippen LogP) is 4.91. The van der Waals surface area contributed by atoms with Crippen molar-refractivity contribution in [3.05, 3.63) is 59.4 Å². The standard InChI is InChI=1S/C25H33N3O2/c1-19-9-8-10-20(2)24(19)30-16-7-6-13-28-23-12-5-4-11-22(23)26-25(28)21(3)27-14-17-29-18-15-27/h4-5,8-12,21H,6-7,13-18H2,1-3H3. The number of nitrogens with zero attached hydrogens (tertiary/aromatic N) is 3. The van der Waals surface area contributed by atoms with E-state index in [-0.39, 0.29) is 6.04 Å². The molecule has 1 atom stereocenters. The van der Waals surface area contributed by atoms with E-state index in [0.29, 0.717) is 0 Å². The largest absolute Gasteiger partial charge is 0.493 e. The summed E-state index contributed by atoms with van der Waals surface area (Å²) in [6.07, 6.45) is 2.08. The van der Waals surface area contributed by atoms with Crippen LogP contribution in [-0.4, -0.2) is 47.4 Å². The van der Waals surface area contributed by atoms with E-state index in [2.05, 4.69) is 72.7 Å². The molecule has 0 bridgehead atoms. The summed E-state index contributed by atoms with van der Waals surface area (Å²) in [4.78, 5) is 7.48. The Morgan fingerprint density at radius 2 is 1.73 bits per heavy atom. The molecule has 2 heterocycles. The predicted molar refractivity (Wildman–Crippen MR) is 121 cm³/mol. The maximum absolute atomic E-state index is 6.10. The normalized spacial score (nSPS) is 16.1. The fourth-order valence-electron chi connectivity index (χ4n) is 4.35. The van der Waals surface area contributed by atoms with Gasteiger partial charge in [-0.2, -0.15) is 0 Å². The highest BCUT2D eigenvalue weighted by atomic mass is 16.5. The highest BCUT2D eigenvalue weighted by molar-refractivity contribution is 5.76. The Morgan fingerprint density at radius 1 is 1.00 bits per heavy atom. The van der Waals surface area contributed by atoms with Gasteiger partial charge in [0.1, 0.15) is 11.6 Å². The fourth-order valence-corrected chi connectivity index (χ4v) is 4.35. The minimum Gasteiger partial charge on any atom is -0.493 e. The lowest BCUT2D eigenvalue weighted by Crippen LogP contribution is -2.39. The molecule has 0 N–H and O–H groups in total. The Balaban J connectivity index is 1.42. The Kier molecular flexibility index (Phi) is 6.70. The minimum atomic E-state index is 0.284. The van der Waals surface area contributed by atoms with Crippen molar-refractivity contribution in [1.29, 1.82) is 0 Å². The van der Waals surface area contributed by atoms with E-state index >= 15 is 0 Å². The van der Waals surface area contributed by atoms with Crippen LogP contribution in [0.2, 0.25) is 0 Å². The Hall–Kier alpha value is -2.37. The second kappa shape index (κ2) is 9.63. The molecule has 1 aromatic heterocycles. The molecule has 0 amide bonds. The van der Waals surface area contributed by atoms with Gasteiger partial charge in [-0.05, 0) is 56.9 Å². The summed E-state index contributed by atoms with van der Waals surface area (Å²) >= 11 is 0. The molecule has 1 fully saturated rings. The lowest BCUT2D eigenvalue weighted by Gasteiger charge is -2.32. The quantitative estimate of drug-likeness (QED) is 0.498. The topological polar surface area (TPSA) is 39.5 Å². The zero-order valence-electron chi connectivity index (χ0n) is 18.4. The molecule has 0 radical (unpaired) electrons. The highest BCUT2D eigenvalue weighted by Crippen LogP contribution is 2.26. The van der Waals surface area contributed by atoms with Crippen LogP contribution < -0.4 is 4.74 Å². The molecule has 0 saturated carbocycles. The molecular weight excluding hydrogens is 374 g/mol. The van der Waals surface area contributed by atoms with Crippen molar-refractivity contribution in [3.8, 4) is 5.75 Å². The van der Waals surface area contributed by atoms with Crippen LogP contribution >= 0.6 is 0 Å². The number of hydrogen-bond acceptors (Lipinski definition) is 4. The van der Waals surface area contributed by atoms with Crippen molar-refractivity contribution >= 4 is 11.0 Å². The zero-order chi connectivity index (χ0) is 20.9. The Labute approximate surface area is 179 Å². The zero-order valence-corrected chi connectivity index (χ0v) is 18.4. The first kappa shape index (κ1) is 20.9. The van der Waals surface area contributed by atoms with Gasteiger partial charge in [0, 0.05) is 19.6 Å². The Morgan fingerprint density at radius 3 is 2.50 bits per heavy atom. The number of ether oxygens (including phenoxy) is 2. The average Bonchev–Trinajstić information content (AvgIpc) is 3.14. The van der Waals surface area contributed by atoms with Crippen molar-refractivity contribution in [1.82, 2.24) is 14.5 Å². The number of imidazole rings is 1. The minimum absolute atomic E-state index is 0.284. The SMILES string of the molecule is Cc1cccc(C)c1OCCCCn1c(C(C)N2CCOCC2)nc2ccccc21. The van der Waals surface area contributed by atoms with E-state index in [1.165, 1.54) is 16.6 Å². The summed E-state index contributed by atoms with van der Waals surface area (Å²) in [7, 11) is 0. The first-order chi connectivity index (χ1) is 14.6. The highest BCUT2D eigenvalue weighted by Gasteiger charge is 2.23. The van der Waals surface area contributed by atoms with Gasteiger partial charge in [-0.3, -0.25) is 4.90 Å². The monoisotopic (exact) mass is 407 g/mol. The molecule has 3 aromatic rings. The van der Waals surface area contributed by atoms with Crippen LogP contribution in [0.15, 0.2) is 42.5 Å². The molecule has 2 aromatic carbocycles. The van der Waals surface area contributed by atoms with Crippen molar-refractivity contribution in [2.24, 2.45) is 0 Å². The summed E-state index contributed by atoms with van der Waals surface area (Å²) in [5.41, 5.74) is 4.72. The molecule has 1 aliphatic heterocycles. The van der Waals surface area contributed by atoms with Crippen LogP contribution in [0.1, 0.15) is 42.8 Å². The van der Waals surface area contributed by atoms with Crippen LogP contribution in [0.25, 0.3) is 11.0 Å². The summed E-state index contributed by atoms with van der Waals surface area (Å²) in [6, 6.07) is 15.1. The number of fused-ring (bicyclic) bond motifs is 1. The van der Waals surface area contributed by atoms with Crippen molar-refractivity contribution < 1.29 is 9.47 Å². The van der Waals surface area contributed by atoms with Gasteiger partial charge < -0.3 is 14.0 Å². The number of aryl methyl sites for hydroxylation is 3. The molecule has 30 heavy (non-hydrogen) atoms. The van der Waals surface area contributed by atoms with Gasteiger partial charge in [0.05, 0.1) is 36.9 Å². The molecule has 160 valence electrons. The summed E-state index contributed by atoms with van der Waals surface area (Å²) in [5.74, 6) is 2.20. The second-order valence-corrected chi connectivity index (χ2v) is 8.21. The average molecular weight is 408 g/mol. The molecule has 0 spiro atoms. The number of hydrogen-bond donors (Lipinski definition) is 0. The van der Waals surface area contributed by atoms with Crippen molar-refractivity contribution in [3.63, 3.8) is 0 Å². The smallest absolute Gasteiger partial charge is 0.127 e. The molecule has 1 unspecified atom stereocenters. The fraction of sp³-hybridized carbons (Fsp3) is 0.480. The first-order valence-corrected chi connectivity index (χ1v) is 11.1. The van der Waals surface area contributed by atoms with E-state index in [1.54, 1.807) is 0 Å². The molecular formula is C25H33N3O2. The van der Waals surface area contributed by atoms with E-state index < -0.39 is 0 Å². The van der Waals surface area contributed by atoms with Gasteiger partial charge in [0.25, 0.3) is 0 Å². The number of rotatable bonds is 8. The van der Waals surface area contributed by atoms with Gasteiger partial charge >= 0.3 is 0 Å². The maximum atomic E-state index is 6.10. The van der Waals surface area contributed by atoms with Gasteiger partial charge in [-0.15, -0.1) is 0 Å². The van der Waals surface area contributed by atoms with Crippen LogP contribution in [-0.2, 0) is 11.3 Å². The van der Waals surface area contributed by atoms with Crippen LogP contribution in [0.5, 0.6) is 5.75 Å². The number of unbranched alkanes of at least 4 members (excludes halogenated alkanes) is 1. The molecule has 1 aliphatic rings. The Bertz CT molecular complexity index is 955. The molecule has 5 nitrogen and oxygen atoms in total. The summed E-state index contributed by atoms with van der Waals surface area (Å²) in [5, 5.41) is 0. The van der Waals surface area contributed by atoms with Gasteiger partial charge in [-0.25, -0.2) is 4.98 Å². The second-order valence-electron chi connectivity index (χ2n) is 8.21. The number of aromatic nitrogens is 2. The van der Waals surface area contributed by atoms with E-state index in [0.717, 1.165) is 69.4 Å². The third-order valence-electron chi connectivity index (χ3n) is 6.08. The third-order valence-corrected chi connectivity index (χ3v) is 6.08. The maximum Gasteiger partial charge on any atom is 0.127 e. The van der Waals surface area contributed by atoms with Crippen LogP contribution in [0, 0.1) is 13.8 Å². The summed E-state index contributed by atoms with van der Waals surface area (Å²) in [6.45, 7) is 11.7. The number of benzene rings is 2. The van der Waals surface area contributed by atoms with E-state index in [4.69, 9.17) is 14.5 Å². The van der Waals surface area contributed by atoms with Crippen LogP contribution in [0.4, 0.5) is 0 Å². The summed E-state index contributed by atoms with van der Waals surface area (Å²) < 4.78 is 14.0. The number of para-hydroxylation sites is 3. The third kappa shape index (κ3) is 4.52. The van der Waals surface area contributed by atoms with Gasteiger partial charge in [-0.1, -0.05) is 30.3 Å². The van der Waals surface area contributed by atoms with Crippen LogP contribution in [0.3, 0.4) is 0 Å². The lowest BCUT2D eigenvalue weighted by atomic mass is 10.1. The lowest BCUT2D eigenvalue weighted by molar-refractivity contribution is 0.0176. The van der Waals surface area contributed by atoms with Gasteiger partial charge in [0.2, 0.25) is 0 Å². The molecule has 1 saturated heterocycles. The first-order valence-electron chi connectivity index (χ1n) is 11.1. The van der Waals surface area contributed by atoms with E-state index in [9.17, 15) is 0 Å². The van der Waals surface area contributed by atoms with Gasteiger partial charge in [0.15, 0.2) is 0 Å². The van der Waals surface area contributed by atoms with E-state index in [1.807, 2.05) is 0 Å². The molecule has 0 aliphatic carbocycles. The number of morpholine rings is 1. The van der Waals surface area contributed by atoms with Crippen molar-refractivity contribution in [2.75, 3.05) is 32.9 Å². The molecule has 5 heteroatoms.